The van der Waals surface area contributed by atoms with E-state index in [9.17, 15) is 8.96 Å². The molecule has 64 valence electrons. The minimum Gasteiger partial charge on any atom is -0.343 e. The zero-order chi connectivity index (χ0) is 8.97. The van der Waals surface area contributed by atoms with Crippen molar-refractivity contribution < 1.29 is 13.8 Å². The number of benzene rings is 1. The molecule has 0 aliphatic heterocycles. The van der Waals surface area contributed by atoms with E-state index in [2.05, 4.69) is 0 Å². The van der Waals surface area contributed by atoms with E-state index in [-0.39, 0.29) is 0 Å². The summed E-state index contributed by atoms with van der Waals surface area (Å²) < 4.78 is 23.1. The highest BCUT2D eigenvalue weighted by Crippen LogP contribution is 2.18. The molecule has 1 atom stereocenters. The minimum absolute atomic E-state index is 0.324. The Morgan fingerprint density at radius 1 is 1.42 bits per heavy atom. The lowest BCUT2D eigenvalue weighted by molar-refractivity contribution is 0.513. The van der Waals surface area contributed by atoms with Gasteiger partial charge in [-0.3, -0.25) is 4.57 Å². The van der Waals surface area contributed by atoms with Gasteiger partial charge in [0.15, 0.2) is 0 Å². The Bertz CT molecular complexity index is 323. The molecule has 0 aliphatic carbocycles. The maximum atomic E-state index is 12.8. The Morgan fingerprint density at radius 2 is 2.08 bits per heavy atom. The van der Waals surface area contributed by atoms with Crippen molar-refractivity contribution in [2.24, 2.45) is 0 Å². The monoisotopic (exact) mass is 186 g/mol. The third-order valence-corrected chi connectivity index (χ3v) is 1.76. The summed E-state index contributed by atoms with van der Waals surface area (Å²) in [6.45, 7) is 0. The number of halogens is 1. The lowest BCUT2D eigenvalue weighted by atomic mass is 10.2. The van der Waals surface area contributed by atoms with Gasteiger partial charge in [0, 0.05) is 5.56 Å². The van der Waals surface area contributed by atoms with Crippen molar-refractivity contribution in [3.8, 4) is 0 Å². The first-order valence-electron chi connectivity index (χ1n) is 3.35. The highest BCUT2D eigenvalue weighted by molar-refractivity contribution is 7.41. The van der Waals surface area contributed by atoms with Crippen molar-refractivity contribution in [2.45, 2.75) is 0 Å². The number of hydrogen-bond donors (Lipinski definition) is 1. The van der Waals surface area contributed by atoms with E-state index in [1.54, 1.807) is 12.1 Å². The van der Waals surface area contributed by atoms with Crippen LogP contribution >= 0.6 is 8.03 Å². The van der Waals surface area contributed by atoms with Crippen LogP contribution in [0.1, 0.15) is 5.56 Å². The highest BCUT2D eigenvalue weighted by Gasteiger charge is 1.94. The molecule has 2 nitrogen and oxygen atoms in total. The molecule has 0 heterocycles. The first-order valence-corrected chi connectivity index (χ1v) is 4.79. The van der Waals surface area contributed by atoms with Crippen LogP contribution in [0, 0.1) is 5.82 Å². The molecule has 0 amide bonds. The Labute approximate surface area is 70.2 Å². The Balaban J connectivity index is 2.89. The highest BCUT2D eigenvalue weighted by atomic mass is 31.1. The molecule has 1 aromatic carbocycles. The van der Waals surface area contributed by atoms with Crippen LogP contribution in [0.15, 0.2) is 30.1 Å². The smallest absolute Gasteiger partial charge is 0.211 e. The third kappa shape index (κ3) is 2.61. The molecule has 1 rings (SSSR count). The first kappa shape index (κ1) is 9.17. The van der Waals surface area contributed by atoms with Gasteiger partial charge in [-0.25, -0.2) is 4.39 Å². The average molecular weight is 186 g/mol. The van der Waals surface area contributed by atoms with Gasteiger partial charge < -0.3 is 4.89 Å². The molecule has 0 bridgehead atoms. The standard InChI is InChI=1S/C8H8FO2P/c9-8-4-2-1-3-7(8)5-6-12(10)11/h1-6,12H,(H,10,11). The second kappa shape index (κ2) is 4.19. The molecule has 0 aromatic heterocycles. The fraction of sp³-hybridized carbons (Fsp3) is 0. The largest absolute Gasteiger partial charge is 0.343 e. The molecule has 1 unspecified atom stereocenters. The third-order valence-electron chi connectivity index (χ3n) is 1.31. The summed E-state index contributed by atoms with van der Waals surface area (Å²) in [5.41, 5.74) is 0.324. The normalized spacial score (nSPS) is 13.5. The van der Waals surface area contributed by atoms with Crippen molar-refractivity contribution >= 4 is 14.1 Å². The van der Waals surface area contributed by atoms with Crippen molar-refractivity contribution in [3.63, 3.8) is 0 Å². The molecule has 0 spiro atoms. The summed E-state index contributed by atoms with van der Waals surface area (Å²) in [7, 11) is -2.65. The maximum absolute atomic E-state index is 12.8. The van der Waals surface area contributed by atoms with Gasteiger partial charge in [0.2, 0.25) is 8.03 Å². The summed E-state index contributed by atoms with van der Waals surface area (Å²) >= 11 is 0. The van der Waals surface area contributed by atoms with Gasteiger partial charge in [0.05, 0.1) is 0 Å². The maximum Gasteiger partial charge on any atom is 0.211 e. The molecule has 0 saturated heterocycles. The Morgan fingerprint density at radius 3 is 2.67 bits per heavy atom. The van der Waals surface area contributed by atoms with Crippen molar-refractivity contribution in [3.05, 3.63) is 41.5 Å². The second-order valence-electron chi connectivity index (χ2n) is 2.19. The van der Waals surface area contributed by atoms with Crippen LogP contribution in [-0.2, 0) is 4.57 Å². The van der Waals surface area contributed by atoms with E-state index in [0.717, 1.165) is 5.82 Å². The molecule has 0 saturated carbocycles. The van der Waals surface area contributed by atoms with E-state index in [1.807, 2.05) is 0 Å². The molecule has 12 heavy (non-hydrogen) atoms. The van der Waals surface area contributed by atoms with Gasteiger partial charge in [0.25, 0.3) is 0 Å². The Kier molecular flexibility index (Phi) is 3.20. The molecule has 0 fully saturated rings. The molecule has 1 N–H and O–H groups in total. The summed E-state index contributed by atoms with van der Waals surface area (Å²) in [5.74, 6) is 0.695. The average Bonchev–Trinajstić information content (AvgIpc) is 2.03. The summed E-state index contributed by atoms with van der Waals surface area (Å²) in [6, 6.07) is 6.07. The van der Waals surface area contributed by atoms with Gasteiger partial charge in [-0.15, -0.1) is 0 Å². The van der Waals surface area contributed by atoms with Crippen LogP contribution in [0.25, 0.3) is 6.08 Å². The molecular formula is C8H8FO2P. The zero-order valence-electron chi connectivity index (χ0n) is 6.20. The quantitative estimate of drug-likeness (QED) is 0.719. The summed E-state index contributed by atoms with van der Waals surface area (Å²) in [4.78, 5) is 8.44. The fourth-order valence-electron chi connectivity index (χ4n) is 0.771. The van der Waals surface area contributed by atoms with E-state index >= 15 is 0 Å². The molecule has 1 aromatic rings. The van der Waals surface area contributed by atoms with Crippen LogP contribution in [-0.4, -0.2) is 4.89 Å². The van der Waals surface area contributed by atoms with Gasteiger partial charge in [0.1, 0.15) is 5.82 Å². The van der Waals surface area contributed by atoms with Crippen molar-refractivity contribution in [2.75, 3.05) is 0 Å². The lowest BCUT2D eigenvalue weighted by Gasteiger charge is -1.93. The molecule has 0 aliphatic rings. The Hall–Kier alpha value is -0.920. The molecule has 4 heteroatoms. The van der Waals surface area contributed by atoms with E-state index in [0.29, 0.717) is 5.56 Å². The first-order chi connectivity index (χ1) is 5.70. The van der Waals surface area contributed by atoms with Gasteiger partial charge in [-0.1, -0.05) is 18.2 Å². The van der Waals surface area contributed by atoms with Crippen molar-refractivity contribution in [1.29, 1.82) is 0 Å². The predicted octanol–water partition coefficient (Wildman–Crippen LogP) is 2.26. The van der Waals surface area contributed by atoms with E-state index < -0.39 is 13.8 Å². The second-order valence-corrected chi connectivity index (χ2v) is 3.20. The van der Waals surface area contributed by atoms with E-state index in [4.69, 9.17) is 4.89 Å². The van der Waals surface area contributed by atoms with Crippen LogP contribution < -0.4 is 0 Å². The lowest BCUT2D eigenvalue weighted by Crippen LogP contribution is -1.77. The van der Waals surface area contributed by atoms with Crippen LogP contribution in [0.2, 0.25) is 0 Å². The number of rotatable bonds is 2. The summed E-state index contributed by atoms with van der Waals surface area (Å²) in [6.07, 6.45) is 1.30. The minimum atomic E-state index is -2.65. The van der Waals surface area contributed by atoms with Crippen molar-refractivity contribution in [1.82, 2.24) is 0 Å². The van der Waals surface area contributed by atoms with Gasteiger partial charge >= 0.3 is 0 Å². The number of hydrogen-bond acceptors (Lipinski definition) is 1. The molecule has 0 radical (unpaired) electrons. The summed E-state index contributed by atoms with van der Waals surface area (Å²) in [5, 5.41) is 0. The SMILES string of the molecule is O=[PH](O)C=Cc1ccccc1F. The van der Waals surface area contributed by atoms with Gasteiger partial charge in [-0.05, 0) is 18.0 Å². The molecular weight excluding hydrogens is 178 g/mol. The van der Waals surface area contributed by atoms with Crippen LogP contribution in [0.5, 0.6) is 0 Å². The van der Waals surface area contributed by atoms with E-state index in [1.165, 1.54) is 18.2 Å². The zero-order valence-corrected chi connectivity index (χ0v) is 7.20. The van der Waals surface area contributed by atoms with Crippen LogP contribution in [0.4, 0.5) is 4.39 Å². The fourth-order valence-corrected chi connectivity index (χ4v) is 1.09. The predicted molar refractivity (Wildman–Crippen MR) is 46.7 cm³/mol. The topological polar surface area (TPSA) is 37.3 Å². The van der Waals surface area contributed by atoms with Crippen LogP contribution in [0.3, 0.4) is 0 Å². The van der Waals surface area contributed by atoms with Gasteiger partial charge in [-0.2, -0.15) is 0 Å².